The van der Waals surface area contributed by atoms with Crippen molar-refractivity contribution >= 4 is 16.9 Å². The molecule has 0 fully saturated rings. The van der Waals surface area contributed by atoms with Crippen molar-refractivity contribution in [2.75, 3.05) is 5.73 Å². The van der Waals surface area contributed by atoms with Crippen LogP contribution >= 0.6 is 0 Å². The molecule has 3 aromatic rings. The molecular formula is C12H10N2O2. The van der Waals surface area contributed by atoms with E-state index >= 15 is 0 Å². The molecule has 0 spiro atoms. The normalized spacial score (nSPS) is 11.1. The molecule has 0 aliphatic rings. The van der Waals surface area contributed by atoms with Crippen molar-refractivity contribution in [3.8, 4) is 11.1 Å². The van der Waals surface area contributed by atoms with Crippen molar-refractivity contribution in [3.63, 3.8) is 0 Å². The lowest BCUT2D eigenvalue weighted by Crippen LogP contribution is -1.85. The first-order valence-electron chi connectivity index (χ1n) is 4.94. The van der Waals surface area contributed by atoms with Gasteiger partial charge in [0, 0.05) is 10.9 Å². The van der Waals surface area contributed by atoms with E-state index in [4.69, 9.17) is 14.7 Å². The van der Waals surface area contributed by atoms with E-state index < -0.39 is 0 Å². The number of nitrogen functional groups attached to an aromatic ring is 1. The molecule has 3 rings (SSSR count). The Morgan fingerprint density at radius 2 is 2.12 bits per heavy atom. The van der Waals surface area contributed by atoms with Crippen LogP contribution in [0.4, 0.5) is 5.88 Å². The second-order valence-corrected chi connectivity index (χ2v) is 3.70. The molecule has 4 heteroatoms. The van der Waals surface area contributed by atoms with E-state index in [0.717, 1.165) is 27.7 Å². The fraction of sp³-hybridized carbons (Fsp3) is 0.0833. The molecule has 16 heavy (non-hydrogen) atoms. The predicted molar refractivity (Wildman–Crippen MR) is 60.9 cm³/mol. The number of hydrogen-bond acceptors (Lipinski definition) is 4. The Bertz CT molecular complexity index is 652. The van der Waals surface area contributed by atoms with Gasteiger partial charge in [0.05, 0.1) is 18.0 Å². The Kier molecular flexibility index (Phi) is 1.77. The van der Waals surface area contributed by atoms with Crippen LogP contribution in [0, 0.1) is 6.92 Å². The molecule has 4 nitrogen and oxygen atoms in total. The van der Waals surface area contributed by atoms with Gasteiger partial charge in [0.2, 0.25) is 5.88 Å². The number of benzene rings is 1. The van der Waals surface area contributed by atoms with Crippen molar-refractivity contribution in [2.45, 2.75) is 6.92 Å². The summed E-state index contributed by atoms with van der Waals surface area (Å²) >= 11 is 0. The van der Waals surface area contributed by atoms with Crippen molar-refractivity contribution in [1.82, 2.24) is 5.16 Å². The van der Waals surface area contributed by atoms with Gasteiger partial charge in [-0.05, 0) is 18.6 Å². The van der Waals surface area contributed by atoms with Crippen molar-refractivity contribution in [2.24, 2.45) is 0 Å². The Hall–Kier alpha value is -2.23. The fourth-order valence-corrected chi connectivity index (χ4v) is 1.92. The van der Waals surface area contributed by atoms with E-state index in [-0.39, 0.29) is 0 Å². The molecule has 0 aliphatic carbocycles. The molecular weight excluding hydrogens is 204 g/mol. The van der Waals surface area contributed by atoms with Crippen molar-refractivity contribution in [3.05, 3.63) is 36.2 Å². The van der Waals surface area contributed by atoms with Crippen molar-refractivity contribution in [1.29, 1.82) is 0 Å². The Labute approximate surface area is 91.6 Å². The van der Waals surface area contributed by atoms with Crippen LogP contribution in [0.15, 0.2) is 39.6 Å². The summed E-state index contributed by atoms with van der Waals surface area (Å²) in [7, 11) is 0. The molecule has 1 aromatic carbocycles. The summed E-state index contributed by atoms with van der Waals surface area (Å²) in [5.41, 5.74) is 9.43. The number of aromatic nitrogens is 1. The third-order valence-corrected chi connectivity index (χ3v) is 2.67. The molecule has 2 heterocycles. The zero-order chi connectivity index (χ0) is 11.1. The van der Waals surface area contributed by atoms with Crippen LogP contribution < -0.4 is 5.73 Å². The maximum atomic E-state index is 5.72. The van der Waals surface area contributed by atoms with Crippen molar-refractivity contribution < 1.29 is 8.94 Å². The van der Waals surface area contributed by atoms with Crippen LogP contribution in [0.5, 0.6) is 0 Å². The summed E-state index contributed by atoms with van der Waals surface area (Å²) in [6.45, 7) is 2.00. The minimum absolute atomic E-state index is 0.327. The van der Waals surface area contributed by atoms with Crippen LogP contribution in [0.2, 0.25) is 0 Å². The molecule has 0 unspecified atom stereocenters. The second kappa shape index (κ2) is 3.13. The van der Waals surface area contributed by atoms with Gasteiger partial charge < -0.3 is 14.7 Å². The number of nitrogens with two attached hydrogens (primary N) is 1. The van der Waals surface area contributed by atoms with E-state index in [2.05, 4.69) is 5.16 Å². The third-order valence-electron chi connectivity index (χ3n) is 2.67. The second-order valence-electron chi connectivity index (χ2n) is 3.70. The molecule has 0 radical (unpaired) electrons. The predicted octanol–water partition coefficient (Wildman–Crippen LogP) is 2.98. The Morgan fingerprint density at radius 3 is 2.88 bits per heavy atom. The zero-order valence-electron chi connectivity index (χ0n) is 8.73. The van der Waals surface area contributed by atoms with E-state index in [9.17, 15) is 0 Å². The molecule has 0 saturated carbocycles. The van der Waals surface area contributed by atoms with Crippen LogP contribution in [0.1, 0.15) is 5.56 Å². The summed E-state index contributed by atoms with van der Waals surface area (Å²) in [5.74, 6) is 0.327. The van der Waals surface area contributed by atoms with Gasteiger partial charge in [-0.25, -0.2) is 0 Å². The lowest BCUT2D eigenvalue weighted by molar-refractivity contribution is 0.436. The number of furan rings is 1. The summed E-state index contributed by atoms with van der Waals surface area (Å²) in [4.78, 5) is 0. The first-order chi connectivity index (χ1) is 7.77. The highest BCUT2D eigenvalue weighted by molar-refractivity contribution is 5.98. The topological polar surface area (TPSA) is 65.2 Å². The summed E-state index contributed by atoms with van der Waals surface area (Å²) in [5, 5.41) is 4.74. The third kappa shape index (κ3) is 1.13. The van der Waals surface area contributed by atoms with E-state index in [1.807, 2.05) is 25.1 Å². The smallest absolute Gasteiger partial charge is 0.229 e. The lowest BCUT2D eigenvalue weighted by Gasteiger charge is -2.00. The van der Waals surface area contributed by atoms with Crippen LogP contribution in [0.25, 0.3) is 22.1 Å². The number of fused-ring (bicyclic) bond motifs is 1. The van der Waals surface area contributed by atoms with Gasteiger partial charge in [-0.2, -0.15) is 0 Å². The number of hydrogen-bond donors (Lipinski definition) is 1. The highest BCUT2D eigenvalue weighted by Crippen LogP contribution is 2.34. The molecule has 2 aromatic heterocycles. The minimum atomic E-state index is 0.327. The van der Waals surface area contributed by atoms with Gasteiger partial charge >= 0.3 is 0 Å². The fourth-order valence-electron chi connectivity index (χ4n) is 1.92. The van der Waals surface area contributed by atoms with Gasteiger partial charge in [0.15, 0.2) is 0 Å². The first-order valence-corrected chi connectivity index (χ1v) is 4.94. The standard InChI is InChI=1S/C12H10N2O2/c1-7-6-15-10-4-2-3-8(11(7)10)9-5-14-16-12(9)13/h2-6H,13H2,1H3. The average molecular weight is 214 g/mol. The average Bonchev–Trinajstić information content (AvgIpc) is 2.86. The lowest BCUT2D eigenvalue weighted by atomic mass is 10.0. The summed E-state index contributed by atoms with van der Waals surface area (Å²) in [6.07, 6.45) is 3.36. The maximum Gasteiger partial charge on any atom is 0.229 e. The van der Waals surface area contributed by atoms with E-state index in [0.29, 0.717) is 5.88 Å². The van der Waals surface area contributed by atoms with Gasteiger partial charge in [-0.15, -0.1) is 0 Å². The van der Waals surface area contributed by atoms with Crippen LogP contribution in [-0.2, 0) is 0 Å². The van der Waals surface area contributed by atoms with Gasteiger partial charge in [0.25, 0.3) is 0 Å². The number of nitrogens with zero attached hydrogens (tertiary/aromatic N) is 1. The maximum absolute atomic E-state index is 5.72. The Balaban J connectivity index is 2.39. The monoisotopic (exact) mass is 214 g/mol. The number of anilines is 1. The van der Waals surface area contributed by atoms with E-state index in [1.165, 1.54) is 0 Å². The number of rotatable bonds is 1. The highest BCUT2D eigenvalue weighted by atomic mass is 16.5. The Morgan fingerprint density at radius 1 is 1.25 bits per heavy atom. The zero-order valence-corrected chi connectivity index (χ0v) is 8.73. The quantitative estimate of drug-likeness (QED) is 0.676. The van der Waals surface area contributed by atoms with Crippen LogP contribution in [0.3, 0.4) is 0 Å². The van der Waals surface area contributed by atoms with Gasteiger partial charge in [-0.1, -0.05) is 17.3 Å². The summed E-state index contributed by atoms with van der Waals surface area (Å²) < 4.78 is 10.3. The number of aryl methyl sites for hydroxylation is 1. The first kappa shape index (κ1) is 9.03. The SMILES string of the molecule is Cc1coc2cccc(-c3cnoc3N)c12. The van der Waals surface area contributed by atoms with Gasteiger partial charge in [-0.3, -0.25) is 0 Å². The highest BCUT2D eigenvalue weighted by Gasteiger charge is 2.13. The molecule has 80 valence electrons. The molecule has 2 N–H and O–H groups in total. The largest absolute Gasteiger partial charge is 0.464 e. The minimum Gasteiger partial charge on any atom is -0.464 e. The molecule has 0 bridgehead atoms. The van der Waals surface area contributed by atoms with Gasteiger partial charge in [0.1, 0.15) is 5.58 Å². The molecule has 0 saturated heterocycles. The molecule has 0 aliphatic heterocycles. The molecule has 0 atom stereocenters. The summed E-state index contributed by atoms with van der Waals surface area (Å²) in [6, 6.07) is 5.83. The molecule has 0 amide bonds. The van der Waals surface area contributed by atoms with E-state index in [1.54, 1.807) is 12.5 Å². The van der Waals surface area contributed by atoms with Crippen LogP contribution in [-0.4, -0.2) is 5.16 Å².